The standard InChI is InChI=1S/C19H30N2O/c1-15(2)13-19(11-5-6-12-19)14-21-18(22)10-9-16-7-3-4-8-17(16)20/h3-4,7-8,15H,5-6,9-14,20H2,1-2H3,(H,21,22). The zero-order valence-electron chi connectivity index (χ0n) is 14.0. The van der Waals surface area contributed by atoms with E-state index in [0.717, 1.165) is 24.2 Å². The van der Waals surface area contributed by atoms with E-state index >= 15 is 0 Å². The summed E-state index contributed by atoms with van der Waals surface area (Å²) in [5.74, 6) is 0.845. The maximum absolute atomic E-state index is 12.2. The molecule has 1 aliphatic rings. The first-order chi connectivity index (χ1) is 10.5. The van der Waals surface area contributed by atoms with E-state index in [2.05, 4.69) is 19.2 Å². The quantitative estimate of drug-likeness (QED) is 0.750. The average Bonchev–Trinajstić information content (AvgIpc) is 2.92. The van der Waals surface area contributed by atoms with Gasteiger partial charge in [0.1, 0.15) is 0 Å². The van der Waals surface area contributed by atoms with Crippen molar-refractivity contribution in [3.8, 4) is 0 Å². The van der Waals surface area contributed by atoms with Crippen LogP contribution < -0.4 is 11.1 Å². The first-order valence-corrected chi connectivity index (χ1v) is 8.61. The molecule has 0 radical (unpaired) electrons. The van der Waals surface area contributed by atoms with Crippen LogP contribution in [0.4, 0.5) is 5.69 Å². The molecule has 1 amide bonds. The number of anilines is 1. The number of hydrogen-bond donors (Lipinski definition) is 2. The van der Waals surface area contributed by atoms with E-state index in [1.54, 1.807) is 0 Å². The Hall–Kier alpha value is -1.51. The fraction of sp³-hybridized carbons (Fsp3) is 0.632. The van der Waals surface area contributed by atoms with E-state index in [4.69, 9.17) is 5.73 Å². The Bertz CT molecular complexity index is 490. The minimum absolute atomic E-state index is 0.151. The minimum atomic E-state index is 0.151. The molecule has 0 unspecified atom stereocenters. The highest BCUT2D eigenvalue weighted by molar-refractivity contribution is 5.76. The van der Waals surface area contributed by atoms with Crippen molar-refractivity contribution in [1.82, 2.24) is 5.32 Å². The van der Waals surface area contributed by atoms with Crippen LogP contribution in [-0.2, 0) is 11.2 Å². The van der Waals surface area contributed by atoms with Crippen LogP contribution in [0, 0.1) is 11.3 Å². The van der Waals surface area contributed by atoms with E-state index in [0.29, 0.717) is 17.8 Å². The topological polar surface area (TPSA) is 55.1 Å². The van der Waals surface area contributed by atoms with E-state index in [9.17, 15) is 4.79 Å². The van der Waals surface area contributed by atoms with Crippen LogP contribution in [-0.4, -0.2) is 12.5 Å². The van der Waals surface area contributed by atoms with Crippen LogP contribution in [0.5, 0.6) is 0 Å². The lowest BCUT2D eigenvalue weighted by atomic mass is 9.78. The number of nitrogens with two attached hydrogens (primary N) is 1. The number of nitrogens with one attached hydrogen (secondary N) is 1. The number of aryl methyl sites for hydroxylation is 1. The van der Waals surface area contributed by atoms with Crippen molar-refractivity contribution in [2.45, 2.75) is 58.8 Å². The van der Waals surface area contributed by atoms with E-state index < -0.39 is 0 Å². The molecule has 22 heavy (non-hydrogen) atoms. The van der Waals surface area contributed by atoms with Crippen LogP contribution in [0.2, 0.25) is 0 Å². The second kappa shape index (κ2) is 7.66. The third-order valence-corrected chi connectivity index (χ3v) is 4.84. The smallest absolute Gasteiger partial charge is 0.220 e. The fourth-order valence-corrected chi connectivity index (χ4v) is 3.83. The predicted octanol–water partition coefficient (Wildman–Crippen LogP) is 3.92. The van der Waals surface area contributed by atoms with Gasteiger partial charge >= 0.3 is 0 Å². The Labute approximate surface area is 134 Å². The molecule has 0 spiro atoms. The highest BCUT2D eigenvalue weighted by Crippen LogP contribution is 2.42. The van der Waals surface area contributed by atoms with Crippen molar-refractivity contribution in [3.05, 3.63) is 29.8 Å². The molecule has 1 fully saturated rings. The zero-order valence-corrected chi connectivity index (χ0v) is 14.0. The zero-order chi connectivity index (χ0) is 16.0. The van der Waals surface area contributed by atoms with Gasteiger partial charge in [-0.2, -0.15) is 0 Å². The van der Waals surface area contributed by atoms with Gasteiger partial charge in [0.2, 0.25) is 5.91 Å². The molecule has 122 valence electrons. The second-order valence-electron chi connectivity index (χ2n) is 7.28. The summed E-state index contributed by atoms with van der Waals surface area (Å²) < 4.78 is 0. The summed E-state index contributed by atoms with van der Waals surface area (Å²) in [6, 6.07) is 7.79. The number of benzene rings is 1. The summed E-state index contributed by atoms with van der Waals surface area (Å²) in [6.45, 7) is 5.40. The largest absolute Gasteiger partial charge is 0.399 e. The van der Waals surface area contributed by atoms with Gasteiger partial charge in [-0.1, -0.05) is 44.9 Å². The van der Waals surface area contributed by atoms with Crippen LogP contribution >= 0.6 is 0 Å². The van der Waals surface area contributed by atoms with Gasteiger partial charge in [-0.05, 0) is 48.6 Å². The summed E-state index contributed by atoms with van der Waals surface area (Å²) in [7, 11) is 0. The Balaban J connectivity index is 1.80. The highest BCUT2D eigenvalue weighted by Gasteiger charge is 2.34. The Kier molecular flexibility index (Phi) is 5.87. The molecular weight excluding hydrogens is 272 g/mol. The SMILES string of the molecule is CC(C)CC1(CNC(=O)CCc2ccccc2N)CCCC1. The van der Waals surface area contributed by atoms with Crippen LogP contribution in [0.1, 0.15) is 57.9 Å². The molecule has 3 N–H and O–H groups in total. The van der Waals surface area contributed by atoms with Gasteiger partial charge in [-0.15, -0.1) is 0 Å². The molecule has 2 rings (SSSR count). The lowest BCUT2D eigenvalue weighted by molar-refractivity contribution is -0.121. The molecule has 1 saturated carbocycles. The molecule has 3 nitrogen and oxygen atoms in total. The van der Waals surface area contributed by atoms with Gasteiger partial charge in [0.25, 0.3) is 0 Å². The molecule has 3 heteroatoms. The third-order valence-electron chi connectivity index (χ3n) is 4.84. The normalized spacial score (nSPS) is 16.9. The summed E-state index contributed by atoms with van der Waals surface area (Å²) in [5, 5.41) is 3.18. The van der Waals surface area contributed by atoms with Crippen molar-refractivity contribution in [2.24, 2.45) is 11.3 Å². The highest BCUT2D eigenvalue weighted by atomic mass is 16.1. The molecule has 0 saturated heterocycles. The molecule has 0 atom stereocenters. The van der Waals surface area contributed by atoms with E-state index in [-0.39, 0.29) is 5.91 Å². The Morgan fingerprint density at radius 1 is 1.27 bits per heavy atom. The number of hydrogen-bond acceptors (Lipinski definition) is 2. The third kappa shape index (κ3) is 4.75. The van der Waals surface area contributed by atoms with Crippen molar-refractivity contribution in [1.29, 1.82) is 0 Å². The average molecular weight is 302 g/mol. The molecule has 0 heterocycles. The number of carbonyl (C=O) groups is 1. The first kappa shape index (κ1) is 16.9. The summed E-state index contributed by atoms with van der Waals surface area (Å²) in [5.41, 5.74) is 8.11. The molecular formula is C19H30N2O. The van der Waals surface area contributed by atoms with Crippen LogP contribution in [0.3, 0.4) is 0 Å². The van der Waals surface area contributed by atoms with E-state index in [1.807, 2.05) is 24.3 Å². The number of nitrogen functional groups attached to an aromatic ring is 1. The van der Waals surface area contributed by atoms with Gasteiger partial charge in [0, 0.05) is 18.7 Å². The molecule has 0 aromatic heterocycles. The van der Waals surface area contributed by atoms with E-state index in [1.165, 1.54) is 32.1 Å². The van der Waals surface area contributed by atoms with Crippen LogP contribution in [0.25, 0.3) is 0 Å². The lowest BCUT2D eigenvalue weighted by Crippen LogP contribution is -2.37. The number of carbonyl (C=O) groups excluding carboxylic acids is 1. The molecule has 0 aliphatic heterocycles. The van der Waals surface area contributed by atoms with Gasteiger partial charge in [-0.25, -0.2) is 0 Å². The number of rotatable bonds is 7. The minimum Gasteiger partial charge on any atom is -0.399 e. The predicted molar refractivity (Wildman–Crippen MR) is 92.5 cm³/mol. The van der Waals surface area contributed by atoms with Crippen molar-refractivity contribution in [2.75, 3.05) is 12.3 Å². The molecule has 1 aromatic carbocycles. The number of amides is 1. The van der Waals surface area contributed by atoms with Crippen LogP contribution in [0.15, 0.2) is 24.3 Å². The van der Waals surface area contributed by atoms with Crippen molar-refractivity contribution in [3.63, 3.8) is 0 Å². The fourth-order valence-electron chi connectivity index (χ4n) is 3.83. The maximum atomic E-state index is 12.2. The lowest BCUT2D eigenvalue weighted by Gasteiger charge is -2.31. The molecule has 1 aromatic rings. The summed E-state index contributed by atoms with van der Waals surface area (Å²) in [4.78, 5) is 12.2. The Morgan fingerprint density at radius 3 is 2.59 bits per heavy atom. The van der Waals surface area contributed by atoms with Gasteiger partial charge in [0.15, 0.2) is 0 Å². The van der Waals surface area contributed by atoms with Crippen molar-refractivity contribution >= 4 is 11.6 Å². The van der Waals surface area contributed by atoms with Gasteiger partial charge in [0.05, 0.1) is 0 Å². The first-order valence-electron chi connectivity index (χ1n) is 8.61. The monoisotopic (exact) mass is 302 g/mol. The summed E-state index contributed by atoms with van der Waals surface area (Å²) >= 11 is 0. The van der Waals surface area contributed by atoms with Gasteiger partial charge in [-0.3, -0.25) is 4.79 Å². The van der Waals surface area contributed by atoms with Crippen molar-refractivity contribution < 1.29 is 4.79 Å². The van der Waals surface area contributed by atoms with Gasteiger partial charge < -0.3 is 11.1 Å². The Morgan fingerprint density at radius 2 is 1.95 bits per heavy atom. The number of para-hydroxylation sites is 1. The summed E-state index contributed by atoms with van der Waals surface area (Å²) in [6.07, 6.45) is 7.60. The molecule has 1 aliphatic carbocycles. The maximum Gasteiger partial charge on any atom is 0.220 e. The second-order valence-corrected chi connectivity index (χ2v) is 7.28. The molecule has 0 bridgehead atoms.